The van der Waals surface area contributed by atoms with Crippen LogP contribution >= 0.6 is 0 Å². The lowest BCUT2D eigenvalue weighted by atomic mass is 10.2. The number of hydrogen-bond acceptors (Lipinski definition) is 4. The summed E-state index contributed by atoms with van der Waals surface area (Å²) in [5.74, 6) is 1.68. The van der Waals surface area contributed by atoms with Crippen LogP contribution in [0.25, 0.3) is 5.82 Å². The molecular weight excluding hydrogens is 294 g/mol. The second kappa shape index (κ2) is 5.85. The number of likely N-dealkylation sites (N-methyl/N-ethyl adjacent to an activating group) is 1. The van der Waals surface area contributed by atoms with Gasteiger partial charge in [0.25, 0.3) is 5.91 Å². The molecule has 2 heterocycles. The molecule has 3 rings (SSSR count). The third kappa shape index (κ3) is 3.03. The van der Waals surface area contributed by atoms with Gasteiger partial charge in [-0.3, -0.25) is 9.36 Å². The van der Waals surface area contributed by atoms with Gasteiger partial charge in [0.2, 0.25) is 0 Å². The number of rotatable bonds is 5. The van der Waals surface area contributed by atoms with E-state index in [2.05, 4.69) is 5.16 Å². The Kier molecular flexibility index (Phi) is 4.02. The standard InChI is InChI=1S/C17H23N3O3/c1-10-7-14(12(3)20(10)16-8-11(2)23-18-16)17(22)19(4)9-15(21)13-5-6-13/h7-8,13,15,21H,5-6,9H2,1-4H3. The molecule has 0 saturated heterocycles. The number of aliphatic hydroxyl groups is 1. The van der Waals surface area contributed by atoms with Gasteiger partial charge in [0.15, 0.2) is 5.82 Å². The van der Waals surface area contributed by atoms with Gasteiger partial charge in [0.1, 0.15) is 5.76 Å². The van der Waals surface area contributed by atoms with Crippen LogP contribution in [0.2, 0.25) is 0 Å². The zero-order valence-corrected chi connectivity index (χ0v) is 14.0. The molecule has 2 aromatic heterocycles. The third-order valence-electron chi connectivity index (χ3n) is 4.48. The van der Waals surface area contributed by atoms with E-state index in [0.29, 0.717) is 23.8 Å². The van der Waals surface area contributed by atoms with Crippen LogP contribution in [0.3, 0.4) is 0 Å². The normalized spacial score (nSPS) is 15.7. The number of aryl methyl sites for hydroxylation is 2. The van der Waals surface area contributed by atoms with Gasteiger partial charge in [0, 0.05) is 31.0 Å². The minimum Gasteiger partial charge on any atom is -0.391 e. The smallest absolute Gasteiger partial charge is 0.255 e. The second-order valence-electron chi connectivity index (χ2n) is 6.51. The van der Waals surface area contributed by atoms with Gasteiger partial charge in [-0.25, -0.2) is 0 Å². The van der Waals surface area contributed by atoms with E-state index in [0.717, 1.165) is 30.0 Å². The van der Waals surface area contributed by atoms with Crippen molar-refractivity contribution in [3.05, 3.63) is 34.8 Å². The predicted molar refractivity (Wildman–Crippen MR) is 85.7 cm³/mol. The average molecular weight is 317 g/mol. The zero-order valence-electron chi connectivity index (χ0n) is 14.0. The molecule has 1 aliphatic rings. The molecule has 1 atom stereocenters. The van der Waals surface area contributed by atoms with Crippen LogP contribution in [0.4, 0.5) is 0 Å². The molecule has 0 aliphatic heterocycles. The SMILES string of the molecule is Cc1cc(-n2c(C)cc(C(=O)N(C)CC(O)C3CC3)c2C)no1. The molecule has 6 heteroatoms. The van der Waals surface area contributed by atoms with Crippen molar-refractivity contribution in [3.63, 3.8) is 0 Å². The van der Waals surface area contributed by atoms with Crippen molar-refractivity contribution in [2.75, 3.05) is 13.6 Å². The first-order valence-electron chi connectivity index (χ1n) is 7.94. The van der Waals surface area contributed by atoms with E-state index in [-0.39, 0.29) is 5.91 Å². The number of amides is 1. The van der Waals surface area contributed by atoms with Crippen molar-refractivity contribution in [1.82, 2.24) is 14.6 Å². The zero-order chi connectivity index (χ0) is 16.7. The molecule has 1 aliphatic carbocycles. The van der Waals surface area contributed by atoms with Crippen molar-refractivity contribution in [1.29, 1.82) is 0 Å². The molecule has 0 spiro atoms. The number of carbonyl (C=O) groups excluding carboxylic acids is 1. The molecule has 6 nitrogen and oxygen atoms in total. The minimum atomic E-state index is -0.425. The van der Waals surface area contributed by atoms with E-state index in [9.17, 15) is 9.90 Å². The summed E-state index contributed by atoms with van der Waals surface area (Å²) >= 11 is 0. The first kappa shape index (κ1) is 15.8. The van der Waals surface area contributed by atoms with E-state index in [1.165, 1.54) is 0 Å². The maximum atomic E-state index is 12.7. The number of nitrogens with zero attached hydrogens (tertiary/aromatic N) is 3. The molecule has 1 unspecified atom stereocenters. The summed E-state index contributed by atoms with van der Waals surface area (Å²) < 4.78 is 7.04. The monoisotopic (exact) mass is 317 g/mol. The number of aliphatic hydroxyl groups excluding tert-OH is 1. The first-order valence-corrected chi connectivity index (χ1v) is 7.94. The van der Waals surface area contributed by atoms with Gasteiger partial charge in [-0.2, -0.15) is 0 Å². The Morgan fingerprint density at radius 2 is 2.13 bits per heavy atom. The Balaban J connectivity index is 1.83. The highest BCUT2D eigenvalue weighted by Gasteiger charge is 2.31. The van der Waals surface area contributed by atoms with Crippen LogP contribution in [0.15, 0.2) is 16.7 Å². The van der Waals surface area contributed by atoms with E-state index < -0.39 is 6.10 Å². The molecule has 23 heavy (non-hydrogen) atoms. The molecule has 1 fully saturated rings. The van der Waals surface area contributed by atoms with Crippen molar-refractivity contribution < 1.29 is 14.4 Å². The predicted octanol–water partition coefficient (Wildman–Crippen LogP) is 2.23. The van der Waals surface area contributed by atoms with E-state index >= 15 is 0 Å². The molecule has 0 radical (unpaired) electrons. The van der Waals surface area contributed by atoms with Gasteiger partial charge in [-0.1, -0.05) is 5.16 Å². The maximum absolute atomic E-state index is 12.7. The summed E-state index contributed by atoms with van der Waals surface area (Å²) in [4.78, 5) is 14.3. The molecular formula is C17H23N3O3. The van der Waals surface area contributed by atoms with Crippen LogP contribution in [0.1, 0.15) is 40.3 Å². The summed E-state index contributed by atoms with van der Waals surface area (Å²) in [5.41, 5.74) is 2.39. The van der Waals surface area contributed by atoms with Crippen molar-refractivity contribution in [2.24, 2.45) is 5.92 Å². The highest BCUT2D eigenvalue weighted by molar-refractivity contribution is 5.95. The van der Waals surface area contributed by atoms with Crippen LogP contribution < -0.4 is 0 Å². The minimum absolute atomic E-state index is 0.0794. The number of hydrogen-bond donors (Lipinski definition) is 1. The molecule has 1 saturated carbocycles. The lowest BCUT2D eigenvalue weighted by molar-refractivity contribution is 0.0644. The summed E-state index contributed by atoms with van der Waals surface area (Å²) in [6.07, 6.45) is 1.69. The largest absolute Gasteiger partial charge is 0.391 e. The Labute approximate surface area is 135 Å². The highest BCUT2D eigenvalue weighted by atomic mass is 16.5. The Morgan fingerprint density at radius 3 is 2.70 bits per heavy atom. The van der Waals surface area contributed by atoms with E-state index in [4.69, 9.17) is 4.52 Å². The van der Waals surface area contributed by atoms with Crippen LogP contribution in [0, 0.1) is 26.7 Å². The van der Waals surface area contributed by atoms with Crippen LogP contribution in [-0.4, -0.2) is 45.3 Å². The topological polar surface area (TPSA) is 71.5 Å². The van der Waals surface area contributed by atoms with Gasteiger partial charge < -0.3 is 14.5 Å². The Bertz CT molecular complexity index is 728. The summed E-state index contributed by atoms with van der Waals surface area (Å²) in [7, 11) is 1.74. The summed E-state index contributed by atoms with van der Waals surface area (Å²) in [6.45, 7) is 6.04. The number of carbonyl (C=O) groups is 1. The fourth-order valence-electron chi connectivity index (χ4n) is 2.99. The fraction of sp³-hybridized carbons (Fsp3) is 0.529. The van der Waals surface area contributed by atoms with Crippen molar-refractivity contribution >= 4 is 5.91 Å². The van der Waals surface area contributed by atoms with Gasteiger partial charge in [-0.05, 0) is 45.6 Å². The number of aromatic nitrogens is 2. The van der Waals surface area contributed by atoms with Gasteiger partial charge in [0.05, 0.1) is 11.7 Å². The second-order valence-corrected chi connectivity index (χ2v) is 6.51. The summed E-state index contributed by atoms with van der Waals surface area (Å²) in [5, 5.41) is 14.1. The highest BCUT2D eigenvalue weighted by Crippen LogP contribution is 2.33. The van der Waals surface area contributed by atoms with Crippen molar-refractivity contribution in [2.45, 2.75) is 39.7 Å². The van der Waals surface area contributed by atoms with Gasteiger partial charge >= 0.3 is 0 Å². The van der Waals surface area contributed by atoms with E-state index in [1.807, 2.05) is 37.5 Å². The Hall–Kier alpha value is -2.08. The third-order valence-corrected chi connectivity index (χ3v) is 4.48. The quantitative estimate of drug-likeness (QED) is 0.918. The first-order chi connectivity index (χ1) is 10.9. The Morgan fingerprint density at radius 1 is 1.43 bits per heavy atom. The van der Waals surface area contributed by atoms with E-state index in [1.54, 1.807) is 11.9 Å². The van der Waals surface area contributed by atoms with Crippen LogP contribution in [-0.2, 0) is 0 Å². The van der Waals surface area contributed by atoms with Gasteiger partial charge in [-0.15, -0.1) is 0 Å². The molecule has 1 amide bonds. The average Bonchev–Trinajstić information content (AvgIpc) is 3.21. The molecule has 2 aromatic rings. The lowest BCUT2D eigenvalue weighted by Gasteiger charge is -2.20. The van der Waals surface area contributed by atoms with Crippen molar-refractivity contribution in [3.8, 4) is 5.82 Å². The fourth-order valence-corrected chi connectivity index (χ4v) is 2.99. The molecule has 124 valence electrons. The summed E-state index contributed by atoms with van der Waals surface area (Å²) in [6, 6.07) is 3.70. The lowest BCUT2D eigenvalue weighted by Crippen LogP contribution is -2.35. The maximum Gasteiger partial charge on any atom is 0.255 e. The molecule has 0 bridgehead atoms. The van der Waals surface area contributed by atoms with Crippen LogP contribution in [0.5, 0.6) is 0 Å². The molecule has 1 N–H and O–H groups in total. The molecule has 0 aromatic carbocycles.